The smallest absolute Gasteiger partial charge is 0.326 e. The minimum absolute atomic E-state index is 0.244. The Labute approximate surface area is 175 Å². The number of unbranched alkanes of at least 4 members (excludes halogenated alkanes) is 1. The van der Waals surface area contributed by atoms with E-state index in [0.717, 1.165) is 12.6 Å². The van der Waals surface area contributed by atoms with Crippen molar-refractivity contribution in [2.75, 3.05) is 6.54 Å². The van der Waals surface area contributed by atoms with Crippen molar-refractivity contribution >= 4 is 31.1 Å². The van der Waals surface area contributed by atoms with Crippen LogP contribution in [0.4, 0.5) is 0 Å². The molecule has 0 unspecified atom stereocenters. The second-order valence-electron chi connectivity index (χ2n) is 7.47. The van der Waals surface area contributed by atoms with Gasteiger partial charge in [0, 0.05) is 65.5 Å². The van der Waals surface area contributed by atoms with Crippen LogP contribution in [0.5, 0.6) is 0 Å². The summed E-state index contributed by atoms with van der Waals surface area (Å²) in [4.78, 5) is 59.9. The van der Waals surface area contributed by atoms with E-state index >= 15 is 0 Å². The average molecular weight is 414 g/mol. The maximum atomic E-state index is 11.8. The first-order valence-electron chi connectivity index (χ1n) is 9.79. The highest BCUT2D eigenvalue weighted by atomic mass is 16.4. The third-order valence-electron chi connectivity index (χ3n) is 5.56. The largest absolute Gasteiger partial charge is 0.480 e. The van der Waals surface area contributed by atoms with E-state index in [1.807, 2.05) is 0 Å². The van der Waals surface area contributed by atoms with Crippen LogP contribution >= 0.6 is 0 Å². The molecule has 2 heterocycles. The van der Waals surface area contributed by atoms with Gasteiger partial charge in [0.1, 0.15) is 31.2 Å². The average Bonchev–Trinajstić information content (AvgIpc) is 2.74. The molecule has 0 aromatic rings. The second kappa shape index (κ2) is 10.5. The zero-order chi connectivity index (χ0) is 22.3. The molecule has 0 amide bonds. The summed E-state index contributed by atoms with van der Waals surface area (Å²) in [7, 11) is 0. The Morgan fingerprint density at radius 3 is 1.70 bits per heavy atom. The number of allylic oxidation sites excluding steroid dienone is 4. The van der Waals surface area contributed by atoms with E-state index in [1.165, 1.54) is 17.3 Å². The molecule has 160 valence electrons. The number of nitrogens with zero attached hydrogens (tertiary/aromatic N) is 2. The van der Waals surface area contributed by atoms with Crippen LogP contribution in [0.15, 0.2) is 47.1 Å². The van der Waals surface area contributed by atoms with Crippen LogP contribution in [0.2, 0.25) is 0 Å². The maximum Gasteiger partial charge on any atom is 0.326 e. The molecule has 1 atom stereocenters. The molecule has 8 nitrogen and oxygen atoms in total. The molecule has 1 N–H and O–H groups in total. The first kappa shape index (κ1) is 23.0. The number of carboxylic acids is 1. The summed E-state index contributed by atoms with van der Waals surface area (Å²) < 4.78 is 0. The van der Waals surface area contributed by atoms with Gasteiger partial charge in [0.05, 0.1) is 0 Å². The van der Waals surface area contributed by atoms with Gasteiger partial charge in [0.2, 0.25) is 0 Å². The maximum absolute atomic E-state index is 11.8. The number of aliphatic carboxylic acids is 1. The lowest BCUT2D eigenvalue weighted by molar-refractivity contribution is -0.142. The fourth-order valence-electron chi connectivity index (χ4n) is 3.51. The van der Waals surface area contributed by atoms with Gasteiger partial charge in [-0.2, -0.15) is 0 Å². The number of hydrogen-bond acceptors (Lipinski definition) is 7. The monoisotopic (exact) mass is 414 g/mol. The van der Waals surface area contributed by atoms with Crippen LogP contribution < -0.4 is 0 Å². The zero-order valence-corrected chi connectivity index (χ0v) is 17.1. The zero-order valence-electron chi connectivity index (χ0n) is 17.1. The number of aldehydes is 4. The predicted molar refractivity (Wildman–Crippen MR) is 109 cm³/mol. The van der Waals surface area contributed by atoms with Crippen LogP contribution in [-0.2, 0) is 24.0 Å². The summed E-state index contributed by atoms with van der Waals surface area (Å²) in [6.45, 7) is 4.03. The normalized spacial score (nSPS) is 18.6. The Kier molecular flexibility index (Phi) is 8.03. The van der Waals surface area contributed by atoms with Gasteiger partial charge in [-0.25, -0.2) is 4.79 Å². The molecule has 0 saturated heterocycles. The standard InChI is InChI=1S/C22H26N2O6/c1-15-17(11-25)7-23(8-18(15)12-26)6-4-3-5-21(22(29)30)24-9-19(13-27)16(2)20(10-24)14-28/h7-16,21H,3-6H2,1-2H3,(H,29,30)/t21-/m0/s1. The summed E-state index contributed by atoms with van der Waals surface area (Å²) in [5, 5.41) is 9.64. The van der Waals surface area contributed by atoms with Gasteiger partial charge in [-0.3, -0.25) is 19.2 Å². The fourth-order valence-corrected chi connectivity index (χ4v) is 3.51. The number of carbonyl (C=O) groups is 5. The van der Waals surface area contributed by atoms with E-state index in [9.17, 15) is 29.1 Å². The summed E-state index contributed by atoms with van der Waals surface area (Å²) in [6.07, 6.45) is 10.6. The van der Waals surface area contributed by atoms with Crippen molar-refractivity contribution in [1.29, 1.82) is 0 Å². The van der Waals surface area contributed by atoms with Gasteiger partial charge in [-0.05, 0) is 19.3 Å². The SMILES string of the molecule is CC1C(C=O)=CN(CCCC[C@@H](C(=O)O)N2C=C(C=O)C(C)C(C=O)=C2)C=C1C=O. The van der Waals surface area contributed by atoms with Crippen molar-refractivity contribution in [2.45, 2.75) is 39.2 Å². The van der Waals surface area contributed by atoms with Gasteiger partial charge in [0.15, 0.2) is 0 Å². The van der Waals surface area contributed by atoms with Gasteiger partial charge in [0.25, 0.3) is 0 Å². The Morgan fingerprint density at radius 2 is 1.30 bits per heavy atom. The van der Waals surface area contributed by atoms with E-state index in [1.54, 1.807) is 31.1 Å². The lowest BCUT2D eigenvalue weighted by Crippen LogP contribution is -2.37. The molecule has 0 saturated carbocycles. The van der Waals surface area contributed by atoms with Crippen molar-refractivity contribution in [2.24, 2.45) is 11.8 Å². The highest BCUT2D eigenvalue weighted by molar-refractivity contribution is 5.84. The van der Waals surface area contributed by atoms with Gasteiger partial charge in [-0.1, -0.05) is 13.8 Å². The molecule has 0 aromatic carbocycles. The van der Waals surface area contributed by atoms with Crippen LogP contribution in [0.1, 0.15) is 33.1 Å². The Bertz CT molecular complexity index is 787. The molecular formula is C22H26N2O6. The third kappa shape index (κ3) is 5.20. The van der Waals surface area contributed by atoms with E-state index in [-0.39, 0.29) is 11.8 Å². The Morgan fingerprint density at radius 1 is 0.867 bits per heavy atom. The number of carbonyl (C=O) groups excluding carboxylic acids is 4. The molecule has 0 spiro atoms. The van der Waals surface area contributed by atoms with Crippen molar-refractivity contribution < 1.29 is 29.1 Å². The van der Waals surface area contributed by atoms with Crippen molar-refractivity contribution in [3.8, 4) is 0 Å². The molecule has 0 aromatic heterocycles. The molecular weight excluding hydrogens is 388 g/mol. The van der Waals surface area contributed by atoms with Gasteiger partial charge >= 0.3 is 5.97 Å². The second-order valence-corrected chi connectivity index (χ2v) is 7.47. The first-order valence-corrected chi connectivity index (χ1v) is 9.79. The number of rotatable bonds is 11. The van der Waals surface area contributed by atoms with Crippen LogP contribution in [0.3, 0.4) is 0 Å². The molecule has 0 fully saturated rings. The highest BCUT2D eigenvalue weighted by Crippen LogP contribution is 2.27. The lowest BCUT2D eigenvalue weighted by atomic mass is 9.92. The van der Waals surface area contributed by atoms with Crippen LogP contribution in [0.25, 0.3) is 0 Å². The van der Waals surface area contributed by atoms with E-state index in [2.05, 4.69) is 0 Å². The highest BCUT2D eigenvalue weighted by Gasteiger charge is 2.28. The first-order chi connectivity index (χ1) is 14.4. The van der Waals surface area contributed by atoms with Crippen molar-refractivity contribution in [3.63, 3.8) is 0 Å². The molecule has 2 aliphatic rings. The van der Waals surface area contributed by atoms with E-state index in [4.69, 9.17) is 0 Å². The van der Waals surface area contributed by atoms with Crippen molar-refractivity contribution in [3.05, 3.63) is 47.1 Å². The summed E-state index contributed by atoms with van der Waals surface area (Å²) >= 11 is 0. The fraction of sp³-hybridized carbons (Fsp3) is 0.409. The summed E-state index contributed by atoms with van der Waals surface area (Å²) in [5.74, 6) is -1.66. The topological polar surface area (TPSA) is 112 Å². The number of carboxylic acid groups (broad SMARTS) is 1. The number of hydrogen-bond donors (Lipinski definition) is 1. The summed E-state index contributed by atoms with van der Waals surface area (Å²) in [5.41, 5.74) is 1.74. The molecule has 2 aliphatic heterocycles. The van der Waals surface area contributed by atoms with Gasteiger partial charge in [-0.15, -0.1) is 0 Å². The lowest BCUT2D eigenvalue weighted by Gasteiger charge is -2.30. The van der Waals surface area contributed by atoms with Crippen molar-refractivity contribution in [1.82, 2.24) is 9.80 Å². The van der Waals surface area contributed by atoms with Crippen LogP contribution in [0, 0.1) is 11.8 Å². The third-order valence-corrected chi connectivity index (χ3v) is 5.56. The Hall–Kier alpha value is -3.29. The Balaban J connectivity index is 2.02. The predicted octanol–water partition coefficient (Wildman–Crippen LogP) is 1.84. The minimum Gasteiger partial charge on any atom is -0.480 e. The van der Waals surface area contributed by atoms with Crippen LogP contribution in [-0.4, -0.2) is 58.6 Å². The minimum atomic E-state index is -1.05. The molecule has 0 bridgehead atoms. The van der Waals surface area contributed by atoms with E-state index in [0.29, 0.717) is 60.7 Å². The molecule has 8 heteroatoms. The molecule has 0 radical (unpaired) electrons. The molecule has 0 aliphatic carbocycles. The van der Waals surface area contributed by atoms with E-state index < -0.39 is 12.0 Å². The quantitative estimate of drug-likeness (QED) is 0.403. The summed E-state index contributed by atoms with van der Waals surface area (Å²) in [6, 6.07) is -0.911. The molecule has 30 heavy (non-hydrogen) atoms. The van der Waals surface area contributed by atoms with Gasteiger partial charge < -0.3 is 14.9 Å². The molecule has 2 rings (SSSR count).